The summed E-state index contributed by atoms with van der Waals surface area (Å²) in [6.07, 6.45) is 4.67. The maximum Gasteiger partial charge on any atom is 0.0359 e. The molecule has 0 amide bonds. The minimum Gasteiger partial charge on any atom is -0.313 e. The Kier molecular flexibility index (Phi) is 4.50. The highest BCUT2D eigenvalue weighted by Crippen LogP contribution is 2.23. The summed E-state index contributed by atoms with van der Waals surface area (Å²) < 4.78 is 1.16. The van der Waals surface area contributed by atoms with Gasteiger partial charge in [-0.05, 0) is 49.2 Å². The zero-order valence-corrected chi connectivity index (χ0v) is 12.2. The average Bonchev–Trinajstić information content (AvgIpc) is 2.40. The number of hydrogen-bond acceptors (Lipinski definition) is 2. The van der Waals surface area contributed by atoms with E-state index in [1.165, 1.54) is 16.7 Å². The topological polar surface area (TPSA) is 24.9 Å². The lowest BCUT2D eigenvalue weighted by atomic mass is 9.99. The predicted octanol–water partition coefficient (Wildman–Crippen LogP) is 3.66. The van der Waals surface area contributed by atoms with Crippen molar-refractivity contribution in [1.29, 1.82) is 0 Å². The second kappa shape index (κ2) is 6.12. The number of nitrogens with one attached hydrogen (secondary N) is 1. The van der Waals surface area contributed by atoms with Crippen LogP contribution in [0.1, 0.15) is 22.7 Å². The fraction of sp³-hybridized carbons (Fsp3) is 0.267. The first-order chi connectivity index (χ1) is 8.70. The number of aryl methyl sites for hydroxylation is 1. The van der Waals surface area contributed by atoms with Crippen molar-refractivity contribution in [1.82, 2.24) is 10.3 Å². The van der Waals surface area contributed by atoms with Gasteiger partial charge in [-0.1, -0.05) is 34.1 Å². The maximum atomic E-state index is 4.16. The molecular weight excluding hydrogens is 288 g/mol. The van der Waals surface area contributed by atoms with Gasteiger partial charge < -0.3 is 5.32 Å². The van der Waals surface area contributed by atoms with Crippen LogP contribution in [-0.4, -0.2) is 12.0 Å². The van der Waals surface area contributed by atoms with Crippen molar-refractivity contribution < 1.29 is 0 Å². The summed E-state index contributed by atoms with van der Waals surface area (Å²) in [7, 11) is 1.99. The van der Waals surface area contributed by atoms with E-state index in [0.29, 0.717) is 6.04 Å². The van der Waals surface area contributed by atoms with Crippen molar-refractivity contribution in [2.24, 2.45) is 0 Å². The highest BCUT2D eigenvalue weighted by Gasteiger charge is 2.11. The van der Waals surface area contributed by atoms with Crippen LogP contribution in [0.3, 0.4) is 0 Å². The van der Waals surface area contributed by atoms with Crippen molar-refractivity contribution in [2.75, 3.05) is 7.05 Å². The molecule has 0 fully saturated rings. The third-order valence-electron chi connectivity index (χ3n) is 3.11. The number of likely N-dealkylation sites (N-methyl/N-ethyl adjacent to an activating group) is 1. The number of pyridine rings is 1. The van der Waals surface area contributed by atoms with Gasteiger partial charge in [0.05, 0.1) is 0 Å². The molecule has 0 spiro atoms. The van der Waals surface area contributed by atoms with Crippen LogP contribution in [0.15, 0.2) is 47.2 Å². The van der Waals surface area contributed by atoms with Gasteiger partial charge in [0.2, 0.25) is 0 Å². The Labute approximate surface area is 117 Å². The average molecular weight is 305 g/mol. The van der Waals surface area contributed by atoms with Gasteiger partial charge in [0.1, 0.15) is 0 Å². The smallest absolute Gasteiger partial charge is 0.0359 e. The fourth-order valence-electron chi connectivity index (χ4n) is 1.97. The molecule has 0 bridgehead atoms. The summed E-state index contributed by atoms with van der Waals surface area (Å²) in [5.41, 5.74) is 3.79. The van der Waals surface area contributed by atoms with E-state index in [4.69, 9.17) is 0 Å². The SMILES string of the molecule is CNC(Cc1cccnc1)c1ccc(C)c(Br)c1. The molecule has 0 saturated heterocycles. The van der Waals surface area contributed by atoms with Crippen LogP contribution in [0.5, 0.6) is 0 Å². The predicted molar refractivity (Wildman–Crippen MR) is 78.6 cm³/mol. The van der Waals surface area contributed by atoms with E-state index >= 15 is 0 Å². The number of halogens is 1. The zero-order chi connectivity index (χ0) is 13.0. The third-order valence-corrected chi connectivity index (χ3v) is 3.96. The van der Waals surface area contributed by atoms with Gasteiger partial charge in [0.25, 0.3) is 0 Å². The highest BCUT2D eigenvalue weighted by molar-refractivity contribution is 9.10. The zero-order valence-electron chi connectivity index (χ0n) is 10.7. The second-order valence-electron chi connectivity index (χ2n) is 4.42. The number of rotatable bonds is 4. The molecule has 1 aromatic heterocycles. The molecule has 1 unspecified atom stereocenters. The fourth-order valence-corrected chi connectivity index (χ4v) is 2.36. The van der Waals surface area contributed by atoms with Crippen molar-refractivity contribution in [3.8, 4) is 0 Å². The van der Waals surface area contributed by atoms with Crippen molar-refractivity contribution in [2.45, 2.75) is 19.4 Å². The minimum atomic E-state index is 0.311. The monoisotopic (exact) mass is 304 g/mol. The van der Waals surface area contributed by atoms with Crippen LogP contribution >= 0.6 is 15.9 Å². The van der Waals surface area contributed by atoms with Gasteiger partial charge in [0.15, 0.2) is 0 Å². The summed E-state index contributed by atoms with van der Waals surface area (Å²) in [5, 5.41) is 3.36. The Morgan fingerprint density at radius 2 is 2.17 bits per heavy atom. The van der Waals surface area contributed by atoms with Crippen LogP contribution in [-0.2, 0) is 6.42 Å². The minimum absolute atomic E-state index is 0.311. The van der Waals surface area contributed by atoms with E-state index in [-0.39, 0.29) is 0 Å². The summed E-state index contributed by atoms with van der Waals surface area (Å²) >= 11 is 3.59. The van der Waals surface area contributed by atoms with Gasteiger partial charge in [-0.15, -0.1) is 0 Å². The number of hydrogen-bond donors (Lipinski definition) is 1. The van der Waals surface area contributed by atoms with E-state index in [1.807, 2.05) is 19.3 Å². The van der Waals surface area contributed by atoms with Crippen LogP contribution in [0.2, 0.25) is 0 Å². The third kappa shape index (κ3) is 3.18. The van der Waals surface area contributed by atoms with Crippen molar-refractivity contribution >= 4 is 15.9 Å². The summed E-state index contributed by atoms with van der Waals surface area (Å²) in [4.78, 5) is 4.16. The highest BCUT2D eigenvalue weighted by atomic mass is 79.9. The molecule has 0 radical (unpaired) electrons. The molecule has 1 atom stereocenters. The van der Waals surface area contributed by atoms with Crippen LogP contribution in [0.4, 0.5) is 0 Å². The molecule has 2 aromatic rings. The van der Waals surface area contributed by atoms with Gasteiger partial charge in [0, 0.05) is 22.9 Å². The largest absolute Gasteiger partial charge is 0.313 e. The molecule has 18 heavy (non-hydrogen) atoms. The van der Waals surface area contributed by atoms with Crippen molar-refractivity contribution in [3.63, 3.8) is 0 Å². The normalized spacial score (nSPS) is 12.4. The molecule has 2 nitrogen and oxygen atoms in total. The molecule has 0 aliphatic carbocycles. The Morgan fingerprint density at radius 1 is 1.33 bits per heavy atom. The molecule has 0 aliphatic heterocycles. The Morgan fingerprint density at radius 3 is 2.78 bits per heavy atom. The van der Waals surface area contributed by atoms with Crippen molar-refractivity contribution in [3.05, 3.63) is 63.9 Å². The van der Waals surface area contributed by atoms with E-state index in [0.717, 1.165) is 10.9 Å². The van der Waals surface area contributed by atoms with E-state index in [9.17, 15) is 0 Å². The quantitative estimate of drug-likeness (QED) is 0.932. The van der Waals surface area contributed by atoms with Crippen LogP contribution in [0.25, 0.3) is 0 Å². The molecule has 3 heteroatoms. The molecule has 1 heterocycles. The van der Waals surface area contributed by atoms with Gasteiger partial charge in [-0.25, -0.2) is 0 Å². The van der Waals surface area contributed by atoms with E-state index < -0.39 is 0 Å². The molecule has 1 N–H and O–H groups in total. The summed E-state index contributed by atoms with van der Waals surface area (Å²) in [5.74, 6) is 0. The van der Waals surface area contributed by atoms with Gasteiger partial charge in [-0.2, -0.15) is 0 Å². The number of aromatic nitrogens is 1. The van der Waals surface area contributed by atoms with E-state index in [1.54, 1.807) is 6.20 Å². The lowest BCUT2D eigenvalue weighted by Crippen LogP contribution is -2.19. The molecule has 1 aromatic carbocycles. The Balaban J connectivity index is 2.20. The van der Waals surface area contributed by atoms with E-state index in [2.05, 4.69) is 57.4 Å². The van der Waals surface area contributed by atoms with Gasteiger partial charge in [-0.3, -0.25) is 4.98 Å². The first-order valence-electron chi connectivity index (χ1n) is 6.03. The van der Waals surface area contributed by atoms with Crippen LogP contribution < -0.4 is 5.32 Å². The number of nitrogens with zero attached hydrogens (tertiary/aromatic N) is 1. The second-order valence-corrected chi connectivity index (χ2v) is 5.27. The molecule has 94 valence electrons. The lowest BCUT2D eigenvalue weighted by Gasteiger charge is -2.17. The van der Waals surface area contributed by atoms with Crippen LogP contribution in [0, 0.1) is 6.92 Å². The summed E-state index contributed by atoms with van der Waals surface area (Å²) in [6, 6.07) is 10.9. The molecule has 0 aliphatic rings. The first kappa shape index (κ1) is 13.2. The Bertz CT molecular complexity index is 511. The Hall–Kier alpha value is -1.19. The summed E-state index contributed by atoms with van der Waals surface area (Å²) in [6.45, 7) is 2.10. The lowest BCUT2D eigenvalue weighted by molar-refractivity contribution is 0.590. The molecule has 0 saturated carbocycles. The van der Waals surface area contributed by atoms with Gasteiger partial charge >= 0.3 is 0 Å². The maximum absolute atomic E-state index is 4.16. The number of benzene rings is 1. The standard InChI is InChI=1S/C15H17BrN2/c1-11-5-6-13(9-14(11)16)15(17-2)8-12-4-3-7-18-10-12/h3-7,9-10,15,17H,8H2,1-2H3. The molecule has 2 rings (SSSR count). The molecular formula is C15H17BrN2. The first-order valence-corrected chi connectivity index (χ1v) is 6.82.